The molecule has 0 aromatic rings. The van der Waals surface area contributed by atoms with Crippen molar-refractivity contribution in [3.05, 3.63) is 0 Å². The van der Waals surface area contributed by atoms with Crippen molar-refractivity contribution in [2.45, 2.75) is 382 Å². The molecule has 17 nitrogen and oxygen atoms in total. The normalized spacial score (nSPS) is 14.2. The lowest BCUT2D eigenvalue weighted by atomic mass is 10.0. The second-order valence-electron chi connectivity index (χ2n) is 28.2. The Hall–Kier alpha value is -1.94. The van der Waals surface area contributed by atoms with E-state index in [4.69, 9.17) is 37.0 Å². The van der Waals surface area contributed by atoms with Gasteiger partial charge >= 0.3 is 39.5 Å². The Balaban J connectivity index is 5.23. The molecule has 0 aliphatic rings. The Morgan fingerprint density at radius 2 is 0.457 bits per heavy atom. The monoisotopic (exact) mass is 1350 g/mol. The predicted molar refractivity (Wildman–Crippen MR) is 372 cm³/mol. The maximum absolute atomic E-state index is 13.1. The Morgan fingerprint density at radius 3 is 0.674 bits per heavy atom. The molecule has 0 aliphatic heterocycles. The number of unbranched alkanes of at least 4 members (excludes halogenated alkanes) is 36. The number of carbonyl (C=O) groups is 4. The van der Waals surface area contributed by atoms with Crippen LogP contribution in [0.25, 0.3) is 0 Å². The minimum atomic E-state index is -4.96. The number of aliphatic hydroxyl groups is 1. The average Bonchev–Trinajstić information content (AvgIpc) is 3.40. The molecule has 0 spiro atoms. The van der Waals surface area contributed by atoms with Crippen LogP contribution in [0.15, 0.2) is 0 Å². The van der Waals surface area contributed by atoms with E-state index in [-0.39, 0.29) is 25.7 Å². The number of rotatable bonds is 70. The van der Waals surface area contributed by atoms with Gasteiger partial charge in [0.1, 0.15) is 19.3 Å². The smallest absolute Gasteiger partial charge is 0.462 e. The lowest BCUT2D eigenvalue weighted by Crippen LogP contribution is -2.30. The molecule has 0 saturated heterocycles. The summed E-state index contributed by atoms with van der Waals surface area (Å²) < 4.78 is 68.4. The van der Waals surface area contributed by atoms with Crippen molar-refractivity contribution < 1.29 is 80.2 Å². The number of hydrogen-bond acceptors (Lipinski definition) is 15. The molecule has 92 heavy (non-hydrogen) atoms. The second kappa shape index (κ2) is 62.6. The van der Waals surface area contributed by atoms with Crippen LogP contribution in [0.2, 0.25) is 0 Å². The van der Waals surface area contributed by atoms with Crippen molar-refractivity contribution in [3.63, 3.8) is 0 Å². The maximum Gasteiger partial charge on any atom is 0.472 e. The third-order valence-corrected chi connectivity index (χ3v) is 18.7. The molecular formula is C73H142O17P2. The van der Waals surface area contributed by atoms with Gasteiger partial charge in [-0.15, -0.1) is 0 Å². The van der Waals surface area contributed by atoms with Gasteiger partial charge in [-0.1, -0.05) is 312 Å². The van der Waals surface area contributed by atoms with Crippen molar-refractivity contribution in [2.24, 2.45) is 23.7 Å². The number of ether oxygens (including phenoxy) is 4. The van der Waals surface area contributed by atoms with Crippen molar-refractivity contribution >= 4 is 39.5 Å². The van der Waals surface area contributed by atoms with Gasteiger partial charge in [0.05, 0.1) is 26.4 Å². The summed E-state index contributed by atoms with van der Waals surface area (Å²) in [5, 5.41) is 10.6. The molecule has 3 N–H and O–H groups in total. The highest BCUT2D eigenvalue weighted by Gasteiger charge is 2.30. The molecular weight excluding hydrogens is 1210 g/mol. The standard InChI is InChI=1S/C73H142O17P2/c1-63(2)49-41-33-25-19-14-11-9-10-12-16-22-28-37-45-53-70(75)83-59-68(89-72(77)55-47-39-29-23-17-13-15-20-26-34-42-50-64(3)4)61-87-91(79,80)85-57-67(74)58-86-92(81,82)88-62-69(60-84-71(76)54-46-38-32-31-36-44-52-66(7)8)90-73(78)56-48-40-30-24-18-21-27-35-43-51-65(5)6/h63-69,74H,9-62H2,1-8H3,(H,79,80)(H,81,82)/t67-,68-,69-/m1/s1. The summed E-state index contributed by atoms with van der Waals surface area (Å²) in [6, 6.07) is 0. The second-order valence-corrected chi connectivity index (χ2v) is 31.1. The van der Waals surface area contributed by atoms with Crippen LogP contribution in [0.1, 0.15) is 364 Å². The number of hydrogen-bond donors (Lipinski definition) is 3. The molecule has 546 valence electrons. The van der Waals surface area contributed by atoms with Crippen LogP contribution in [0.5, 0.6) is 0 Å². The molecule has 0 aromatic carbocycles. The van der Waals surface area contributed by atoms with Crippen LogP contribution < -0.4 is 0 Å². The van der Waals surface area contributed by atoms with E-state index in [2.05, 4.69) is 55.4 Å². The fraction of sp³-hybridized carbons (Fsp3) is 0.945. The van der Waals surface area contributed by atoms with Crippen LogP contribution in [0.3, 0.4) is 0 Å². The van der Waals surface area contributed by atoms with Gasteiger partial charge in [-0.25, -0.2) is 9.13 Å². The lowest BCUT2D eigenvalue weighted by Gasteiger charge is -2.21. The van der Waals surface area contributed by atoms with Crippen LogP contribution >= 0.6 is 15.6 Å². The Morgan fingerprint density at radius 1 is 0.272 bits per heavy atom. The van der Waals surface area contributed by atoms with E-state index in [0.717, 1.165) is 114 Å². The van der Waals surface area contributed by atoms with Gasteiger partial charge in [0.25, 0.3) is 0 Å². The molecule has 0 saturated carbocycles. The third-order valence-electron chi connectivity index (χ3n) is 16.8. The molecule has 0 rings (SSSR count). The summed E-state index contributed by atoms with van der Waals surface area (Å²) in [6.07, 6.45) is 46.0. The first-order valence-corrected chi connectivity index (χ1v) is 40.7. The summed E-state index contributed by atoms with van der Waals surface area (Å²) in [5.41, 5.74) is 0. The van der Waals surface area contributed by atoms with Gasteiger partial charge in [0.2, 0.25) is 0 Å². The highest BCUT2D eigenvalue weighted by Crippen LogP contribution is 2.45. The summed E-state index contributed by atoms with van der Waals surface area (Å²) >= 11 is 0. The van der Waals surface area contributed by atoms with Crippen molar-refractivity contribution in [3.8, 4) is 0 Å². The van der Waals surface area contributed by atoms with Gasteiger partial charge in [-0.3, -0.25) is 37.3 Å². The summed E-state index contributed by atoms with van der Waals surface area (Å²) in [7, 11) is -9.91. The zero-order valence-electron chi connectivity index (χ0n) is 60.2. The first-order valence-electron chi connectivity index (χ1n) is 37.7. The van der Waals surface area contributed by atoms with Crippen LogP contribution in [0.4, 0.5) is 0 Å². The zero-order valence-corrected chi connectivity index (χ0v) is 62.0. The van der Waals surface area contributed by atoms with Gasteiger partial charge in [-0.05, 0) is 49.4 Å². The number of phosphoric acid groups is 2. The maximum atomic E-state index is 13.1. The summed E-state index contributed by atoms with van der Waals surface area (Å²) in [5.74, 6) is 0.853. The largest absolute Gasteiger partial charge is 0.472 e. The topological polar surface area (TPSA) is 237 Å². The van der Waals surface area contributed by atoms with Gasteiger partial charge in [0, 0.05) is 25.7 Å². The first kappa shape index (κ1) is 90.1. The van der Waals surface area contributed by atoms with E-state index in [1.807, 2.05) is 0 Å². The van der Waals surface area contributed by atoms with Crippen LogP contribution in [-0.2, 0) is 65.4 Å². The van der Waals surface area contributed by atoms with Gasteiger partial charge in [0.15, 0.2) is 12.2 Å². The minimum Gasteiger partial charge on any atom is -0.462 e. The molecule has 0 bridgehead atoms. The number of phosphoric ester groups is 2. The quantitative estimate of drug-likeness (QED) is 0.0222. The van der Waals surface area contributed by atoms with E-state index in [1.165, 1.54) is 161 Å². The molecule has 0 heterocycles. The van der Waals surface area contributed by atoms with Crippen molar-refractivity contribution in [1.82, 2.24) is 0 Å². The molecule has 0 amide bonds. The fourth-order valence-corrected chi connectivity index (χ4v) is 12.6. The van der Waals surface area contributed by atoms with E-state index < -0.39 is 97.5 Å². The predicted octanol–water partition coefficient (Wildman–Crippen LogP) is 20.9. The molecule has 5 atom stereocenters. The molecule has 2 unspecified atom stereocenters. The average molecular weight is 1350 g/mol. The Kier molecular flexibility index (Phi) is 61.3. The van der Waals surface area contributed by atoms with Gasteiger partial charge < -0.3 is 33.8 Å². The molecule has 0 fully saturated rings. The number of aliphatic hydroxyl groups excluding tert-OH is 1. The Bertz CT molecular complexity index is 1820. The zero-order chi connectivity index (χ0) is 68.2. The molecule has 0 aliphatic carbocycles. The highest BCUT2D eigenvalue weighted by atomic mass is 31.2. The van der Waals surface area contributed by atoms with E-state index in [9.17, 15) is 43.2 Å². The van der Waals surface area contributed by atoms with E-state index in [0.29, 0.717) is 31.6 Å². The summed E-state index contributed by atoms with van der Waals surface area (Å²) in [6.45, 7) is 14.1. The van der Waals surface area contributed by atoms with E-state index in [1.54, 1.807) is 0 Å². The Labute approximate surface area is 562 Å². The van der Waals surface area contributed by atoms with Crippen molar-refractivity contribution in [2.75, 3.05) is 39.6 Å². The lowest BCUT2D eigenvalue weighted by molar-refractivity contribution is -0.161. The van der Waals surface area contributed by atoms with Gasteiger partial charge in [-0.2, -0.15) is 0 Å². The highest BCUT2D eigenvalue weighted by molar-refractivity contribution is 7.47. The molecule has 0 aromatic heterocycles. The third kappa shape index (κ3) is 66.7. The number of carbonyl (C=O) groups excluding carboxylic acids is 4. The SMILES string of the molecule is CC(C)CCCCCCCCCCCCCCCCC(=O)OC[C@H](COP(=O)(O)OC[C@@H](O)COP(=O)(O)OC[C@@H](COC(=O)CCCCCCCCC(C)C)OC(=O)CCCCCCCCCCCC(C)C)OC(=O)CCCCCCCCCCCCCC(C)C. The number of esters is 4. The minimum absolute atomic E-state index is 0.104. The molecule has 19 heteroatoms. The van der Waals surface area contributed by atoms with Crippen molar-refractivity contribution in [1.29, 1.82) is 0 Å². The molecule has 0 radical (unpaired) electrons. The van der Waals surface area contributed by atoms with E-state index >= 15 is 0 Å². The van der Waals surface area contributed by atoms with Crippen LogP contribution in [0, 0.1) is 23.7 Å². The fourth-order valence-electron chi connectivity index (χ4n) is 11.0. The summed E-state index contributed by atoms with van der Waals surface area (Å²) in [4.78, 5) is 72.6. The first-order chi connectivity index (χ1) is 44.1. The van der Waals surface area contributed by atoms with Crippen LogP contribution in [-0.4, -0.2) is 96.7 Å².